The molecule has 2 aromatic carbocycles. The summed E-state index contributed by atoms with van der Waals surface area (Å²) in [5, 5.41) is 12.5. The zero-order valence-corrected chi connectivity index (χ0v) is 23.2. The highest BCUT2D eigenvalue weighted by atomic mass is 19.1. The molecule has 10 heteroatoms. The number of methoxy groups -OCH3 is 1. The third kappa shape index (κ3) is 4.43. The number of likely N-dealkylation sites (tertiary alicyclic amines) is 1. The highest BCUT2D eigenvalue weighted by Crippen LogP contribution is 2.43. The van der Waals surface area contributed by atoms with E-state index in [4.69, 9.17) is 4.74 Å². The zero-order valence-electron chi connectivity index (χ0n) is 23.2. The van der Waals surface area contributed by atoms with E-state index >= 15 is 0 Å². The molecule has 2 N–H and O–H groups in total. The van der Waals surface area contributed by atoms with E-state index in [0.717, 1.165) is 17.5 Å². The first-order valence-electron chi connectivity index (χ1n) is 13.7. The number of nitrogens with one attached hydrogen (secondary N) is 2. The molecule has 2 aromatic heterocycles. The second-order valence-electron chi connectivity index (χ2n) is 10.7. The zero-order chi connectivity index (χ0) is 29.6. The molecule has 1 fully saturated rings. The summed E-state index contributed by atoms with van der Waals surface area (Å²) in [6, 6.07) is 16.8. The van der Waals surface area contributed by atoms with Crippen molar-refractivity contribution in [1.82, 2.24) is 14.5 Å². The van der Waals surface area contributed by atoms with Crippen molar-refractivity contribution in [2.24, 2.45) is 0 Å². The molecule has 1 saturated heterocycles. The van der Waals surface area contributed by atoms with Crippen LogP contribution in [0.4, 0.5) is 10.1 Å². The molecular weight excluding hydrogens is 537 g/mol. The summed E-state index contributed by atoms with van der Waals surface area (Å²) in [7, 11) is 1.47. The van der Waals surface area contributed by atoms with Crippen LogP contribution < -0.4 is 15.6 Å². The van der Waals surface area contributed by atoms with Gasteiger partial charge in [-0.1, -0.05) is 12.1 Å². The number of carbonyl (C=O) groups excluding carboxylic acids is 2. The Morgan fingerprint density at radius 1 is 1.12 bits per heavy atom. The van der Waals surface area contributed by atoms with Gasteiger partial charge in [0.1, 0.15) is 28.5 Å². The van der Waals surface area contributed by atoms with Gasteiger partial charge in [0, 0.05) is 30.4 Å². The van der Waals surface area contributed by atoms with Gasteiger partial charge in [0.2, 0.25) is 0 Å². The van der Waals surface area contributed by atoms with Crippen LogP contribution >= 0.6 is 0 Å². The van der Waals surface area contributed by atoms with Gasteiger partial charge in [-0.25, -0.2) is 4.39 Å². The van der Waals surface area contributed by atoms with Crippen LogP contribution in [-0.2, 0) is 13.0 Å². The lowest BCUT2D eigenvalue weighted by Gasteiger charge is -2.30. The van der Waals surface area contributed by atoms with Crippen molar-refractivity contribution < 1.29 is 18.7 Å². The maximum absolute atomic E-state index is 14.0. The van der Waals surface area contributed by atoms with Gasteiger partial charge >= 0.3 is 0 Å². The van der Waals surface area contributed by atoms with E-state index in [9.17, 15) is 24.0 Å². The number of nitriles is 1. The molecule has 42 heavy (non-hydrogen) atoms. The summed E-state index contributed by atoms with van der Waals surface area (Å²) in [6.45, 7) is 2.74. The van der Waals surface area contributed by atoms with Gasteiger partial charge in [0.15, 0.2) is 0 Å². The van der Waals surface area contributed by atoms with Gasteiger partial charge in [-0.3, -0.25) is 14.4 Å². The molecule has 0 saturated carbocycles. The normalized spacial score (nSPS) is 17.2. The van der Waals surface area contributed by atoms with Crippen LogP contribution in [0.25, 0.3) is 22.4 Å². The number of hydrogen-bond acceptors (Lipinski definition) is 5. The SMILES string of the molecule is COc1cc2c(cc1C(=O)Nc1ccc[nH]c1=O)-c1c(-c3ccc(F)cc3)cc(C(=O)N3CCC[C@]3(C)C#N)n1CC2. The number of ether oxygens (including phenoxy) is 1. The van der Waals surface area contributed by atoms with Gasteiger partial charge < -0.3 is 24.5 Å². The minimum Gasteiger partial charge on any atom is -0.496 e. The number of hydrogen-bond donors (Lipinski definition) is 2. The molecule has 2 aliphatic rings. The van der Waals surface area contributed by atoms with Crippen molar-refractivity contribution >= 4 is 17.5 Å². The Bertz CT molecular complexity index is 1840. The van der Waals surface area contributed by atoms with Gasteiger partial charge in [-0.15, -0.1) is 0 Å². The summed E-state index contributed by atoms with van der Waals surface area (Å²) < 4.78 is 21.4. The molecule has 0 bridgehead atoms. The number of aryl methyl sites for hydroxylation is 1. The molecule has 6 rings (SSSR count). The molecule has 212 valence electrons. The van der Waals surface area contributed by atoms with Crippen LogP contribution in [0.1, 0.15) is 46.2 Å². The third-order valence-corrected chi connectivity index (χ3v) is 8.19. The first-order valence-corrected chi connectivity index (χ1v) is 13.7. The monoisotopic (exact) mass is 565 g/mol. The molecular formula is C32H28FN5O4. The average molecular weight is 566 g/mol. The smallest absolute Gasteiger partial charge is 0.271 e. The van der Waals surface area contributed by atoms with Gasteiger partial charge in [0.25, 0.3) is 17.4 Å². The number of halogens is 1. The number of aromatic nitrogens is 2. The van der Waals surface area contributed by atoms with Crippen LogP contribution in [-0.4, -0.2) is 45.5 Å². The molecule has 4 aromatic rings. The Morgan fingerprint density at radius 3 is 2.62 bits per heavy atom. The number of rotatable bonds is 5. The molecule has 0 radical (unpaired) electrons. The van der Waals surface area contributed by atoms with Crippen molar-refractivity contribution in [3.8, 4) is 34.2 Å². The molecule has 9 nitrogen and oxygen atoms in total. The van der Waals surface area contributed by atoms with Crippen LogP contribution in [0.2, 0.25) is 0 Å². The van der Waals surface area contributed by atoms with Crippen molar-refractivity contribution in [2.45, 2.75) is 38.3 Å². The van der Waals surface area contributed by atoms with E-state index < -0.39 is 17.0 Å². The number of carbonyl (C=O) groups is 2. The van der Waals surface area contributed by atoms with Crippen LogP contribution in [0.15, 0.2) is 65.6 Å². The molecule has 0 aliphatic carbocycles. The second-order valence-corrected chi connectivity index (χ2v) is 10.7. The number of nitrogens with zero attached hydrogens (tertiary/aromatic N) is 3. The Kier molecular flexibility index (Phi) is 6.65. The molecule has 1 atom stereocenters. The maximum Gasteiger partial charge on any atom is 0.271 e. The van der Waals surface area contributed by atoms with E-state index in [2.05, 4.69) is 16.4 Å². The van der Waals surface area contributed by atoms with E-state index in [1.165, 1.54) is 31.5 Å². The van der Waals surface area contributed by atoms with Crippen LogP contribution in [0, 0.1) is 17.1 Å². The number of amides is 2. The van der Waals surface area contributed by atoms with Crippen molar-refractivity contribution in [1.29, 1.82) is 5.26 Å². The van der Waals surface area contributed by atoms with E-state index in [1.807, 2.05) is 4.57 Å². The van der Waals surface area contributed by atoms with E-state index in [0.29, 0.717) is 54.2 Å². The highest BCUT2D eigenvalue weighted by molar-refractivity contribution is 6.08. The first-order chi connectivity index (χ1) is 20.2. The molecule has 2 amide bonds. The second kappa shape index (κ2) is 10.3. The van der Waals surface area contributed by atoms with Gasteiger partial charge in [-0.2, -0.15) is 5.26 Å². The number of fused-ring (bicyclic) bond motifs is 3. The molecule has 4 heterocycles. The lowest BCUT2D eigenvalue weighted by atomic mass is 9.91. The predicted octanol–water partition coefficient (Wildman–Crippen LogP) is 4.98. The minimum absolute atomic E-state index is 0.0942. The standard InChI is InChI=1S/C32H28FN5O4/c1-32(18-34)11-4-13-38(32)31(41)26-17-23(19-6-8-21(33)9-7-19)28-22-16-24(27(42-2)15-20(22)10-14-37(26)28)29(39)36-25-5-3-12-35-30(25)40/h3,5-9,12,15-17H,4,10-11,13-14H2,1-2H3,(H,35,40)(H,36,39)/t32-/m1/s1. The number of benzene rings is 2. The van der Waals surface area contributed by atoms with Crippen LogP contribution in [0.3, 0.4) is 0 Å². The minimum atomic E-state index is -0.904. The maximum atomic E-state index is 14.0. The Labute approximate surface area is 241 Å². The van der Waals surface area contributed by atoms with E-state index in [-0.39, 0.29) is 23.0 Å². The quantitative estimate of drug-likeness (QED) is 0.354. The van der Waals surface area contributed by atoms with Gasteiger partial charge in [0.05, 0.1) is 24.4 Å². The van der Waals surface area contributed by atoms with Crippen molar-refractivity contribution in [2.75, 3.05) is 19.0 Å². The summed E-state index contributed by atoms with van der Waals surface area (Å²) in [4.78, 5) is 43.8. The third-order valence-electron chi connectivity index (χ3n) is 8.19. The Morgan fingerprint density at radius 2 is 1.90 bits per heavy atom. The number of anilines is 1. The molecule has 0 spiro atoms. The van der Waals surface area contributed by atoms with E-state index in [1.54, 1.807) is 48.2 Å². The fourth-order valence-corrected chi connectivity index (χ4v) is 5.98. The summed E-state index contributed by atoms with van der Waals surface area (Å²) in [5.74, 6) is -0.814. The fraction of sp³-hybridized carbons (Fsp3) is 0.250. The van der Waals surface area contributed by atoms with Crippen LogP contribution in [0.5, 0.6) is 5.75 Å². The predicted molar refractivity (Wildman–Crippen MR) is 155 cm³/mol. The summed E-state index contributed by atoms with van der Waals surface area (Å²) in [5.41, 5.74) is 3.13. The lowest BCUT2D eigenvalue weighted by molar-refractivity contribution is 0.0681. The topological polar surface area (TPSA) is 120 Å². The number of pyridine rings is 1. The summed E-state index contributed by atoms with van der Waals surface area (Å²) in [6.07, 6.45) is 3.37. The lowest BCUT2D eigenvalue weighted by Crippen LogP contribution is -2.44. The summed E-state index contributed by atoms with van der Waals surface area (Å²) >= 11 is 0. The molecule has 2 aliphatic heterocycles. The highest BCUT2D eigenvalue weighted by Gasteiger charge is 2.42. The fourth-order valence-electron chi connectivity index (χ4n) is 5.98. The largest absolute Gasteiger partial charge is 0.496 e. The first kappa shape index (κ1) is 27.0. The number of H-pyrrole nitrogens is 1. The number of aromatic amines is 1. The van der Waals surface area contributed by atoms with Crippen molar-refractivity contribution in [3.05, 3.63) is 93.8 Å². The molecule has 0 unspecified atom stereocenters. The van der Waals surface area contributed by atoms with Gasteiger partial charge in [-0.05, 0) is 79.8 Å². The average Bonchev–Trinajstić information content (AvgIpc) is 3.59. The Hall–Kier alpha value is -5.17. The Balaban J connectivity index is 1.52. The van der Waals surface area contributed by atoms with Crippen molar-refractivity contribution in [3.63, 3.8) is 0 Å².